The van der Waals surface area contributed by atoms with Crippen LogP contribution >= 0.6 is 27.5 Å². The summed E-state index contributed by atoms with van der Waals surface area (Å²) < 4.78 is 0. The number of ketones is 1. The van der Waals surface area contributed by atoms with Gasteiger partial charge in [0.05, 0.1) is 10.9 Å². The van der Waals surface area contributed by atoms with Crippen molar-refractivity contribution >= 4 is 33.3 Å². The third-order valence-corrected chi connectivity index (χ3v) is 1.77. The highest BCUT2D eigenvalue weighted by atomic mass is 79.9. The Labute approximate surface area is 76.9 Å². The van der Waals surface area contributed by atoms with Crippen molar-refractivity contribution in [3.8, 4) is 0 Å². The highest BCUT2D eigenvalue weighted by Crippen LogP contribution is 2.02. The molecule has 0 aromatic carbocycles. The van der Waals surface area contributed by atoms with Crippen LogP contribution in [0.1, 0.15) is 10.4 Å². The van der Waals surface area contributed by atoms with E-state index in [1.54, 1.807) is 0 Å². The number of rotatable bonds is 2. The Bertz CT molecular complexity index is 262. The van der Waals surface area contributed by atoms with Crippen LogP contribution in [-0.4, -0.2) is 21.1 Å². The molecular weight excluding hydrogens is 231 g/mol. The first-order valence-corrected chi connectivity index (χ1v) is 4.30. The standard InChI is InChI=1S/C6H4BrClN2O/c7-1-5(11)4-2-9-6(8)10-3-4/h2-3H,1H2. The predicted octanol–water partition coefficient (Wildman–Crippen LogP) is 1.71. The lowest BCUT2D eigenvalue weighted by molar-refractivity contribution is 0.102. The maximum absolute atomic E-state index is 11.0. The van der Waals surface area contributed by atoms with Crippen molar-refractivity contribution in [2.45, 2.75) is 0 Å². The average molecular weight is 235 g/mol. The third kappa shape index (κ3) is 2.24. The maximum atomic E-state index is 11.0. The van der Waals surface area contributed by atoms with E-state index in [-0.39, 0.29) is 16.4 Å². The molecule has 1 heterocycles. The molecule has 0 aliphatic rings. The minimum atomic E-state index is -0.0540. The molecule has 0 N–H and O–H groups in total. The smallest absolute Gasteiger partial charge is 0.222 e. The number of alkyl halides is 1. The van der Waals surface area contributed by atoms with Gasteiger partial charge >= 0.3 is 0 Å². The minimum Gasteiger partial charge on any atom is -0.293 e. The lowest BCUT2D eigenvalue weighted by atomic mass is 10.2. The van der Waals surface area contributed by atoms with Gasteiger partial charge in [-0.25, -0.2) is 9.97 Å². The van der Waals surface area contributed by atoms with Gasteiger partial charge in [-0.15, -0.1) is 0 Å². The molecule has 0 saturated heterocycles. The van der Waals surface area contributed by atoms with Crippen molar-refractivity contribution in [1.82, 2.24) is 9.97 Å². The van der Waals surface area contributed by atoms with Gasteiger partial charge in [0, 0.05) is 12.4 Å². The molecule has 1 rings (SSSR count). The fraction of sp³-hybridized carbons (Fsp3) is 0.167. The molecule has 0 amide bonds. The highest BCUT2D eigenvalue weighted by molar-refractivity contribution is 9.09. The molecule has 0 aliphatic heterocycles. The van der Waals surface area contributed by atoms with Crippen LogP contribution in [0.4, 0.5) is 0 Å². The Morgan fingerprint density at radius 2 is 2.09 bits per heavy atom. The first kappa shape index (κ1) is 8.62. The van der Waals surface area contributed by atoms with Crippen molar-refractivity contribution in [3.05, 3.63) is 23.2 Å². The van der Waals surface area contributed by atoms with Crippen LogP contribution in [-0.2, 0) is 0 Å². The van der Waals surface area contributed by atoms with Crippen LogP contribution in [0.2, 0.25) is 5.28 Å². The van der Waals surface area contributed by atoms with Gasteiger partial charge in [0.15, 0.2) is 5.78 Å². The Morgan fingerprint density at radius 1 is 1.55 bits per heavy atom. The van der Waals surface area contributed by atoms with Crippen molar-refractivity contribution in [3.63, 3.8) is 0 Å². The van der Waals surface area contributed by atoms with Crippen LogP contribution < -0.4 is 0 Å². The van der Waals surface area contributed by atoms with Crippen molar-refractivity contribution in [2.75, 3.05) is 5.33 Å². The fourth-order valence-electron chi connectivity index (χ4n) is 0.533. The normalized spacial score (nSPS) is 9.64. The predicted molar refractivity (Wildman–Crippen MR) is 45.2 cm³/mol. The van der Waals surface area contributed by atoms with Crippen LogP contribution in [0.25, 0.3) is 0 Å². The largest absolute Gasteiger partial charge is 0.293 e. The average Bonchev–Trinajstić information content (AvgIpc) is 2.05. The number of hydrogen-bond acceptors (Lipinski definition) is 3. The van der Waals surface area contributed by atoms with E-state index in [2.05, 4.69) is 25.9 Å². The molecule has 58 valence electrons. The molecule has 0 bridgehead atoms. The van der Waals surface area contributed by atoms with Gasteiger partial charge in [-0.1, -0.05) is 15.9 Å². The van der Waals surface area contributed by atoms with E-state index in [9.17, 15) is 4.79 Å². The Kier molecular flexibility index (Phi) is 2.96. The fourth-order valence-corrected chi connectivity index (χ4v) is 0.955. The summed E-state index contributed by atoms with van der Waals surface area (Å²) in [5.41, 5.74) is 0.464. The molecule has 0 spiro atoms. The topological polar surface area (TPSA) is 42.9 Å². The van der Waals surface area contributed by atoms with Crippen molar-refractivity contribution in [2.24, 2.45) is 0 Å². The van der Waals surface area contributed by atoms with E-state index < -0.39 is 0 Å². The Hall–Kier alpha value is -0.480. The van der Waals surface area contributed by atoms with Gasteiger partial charge in [-0.05, 0) is 11.6 Å². The van der Waals surface area contributed by atoms with Crippen LogP contribution in [0.15, 0.2) is 12.4 Å². The second-order valence-electron chi connectivity index (χ2n) is 1.80. The Balaban J connectivity index is 2.90. The quantitative estimate of drug-likeness (QED) is 0.445. The summed E-state index contributed by atoms with van der Waals surface area (Å²) in [6.07, 6.45) is 2.80. The third-order valence-electron chi connectivity index (χ3n) is 1.06. The maximum Gasteiger partial charge on any atom is 0.222 e. The van der Waals surface area contributed by atoms with E-state index in [0.29, 0.717) is 5.56 Å². The number of carbonyl (C=O) groups excluding carboxylic acids is 1. The first-order valence-electron chi connectivity index (χ1n) is 2.80. The van der Waals surface area contributed by atoms with Gasteiger partial charge in [0.1, 0.15) is 0 Å². The van der Waals surface area contributed by atoms with Gasteiger partial charge in [0.2, 0.25) is 5.28 Å². The molecule has 0 radical (unpaired) electrons. The molecule has 0 atom stereocenters. The second kappa shape index (κ2) is 3.78. The number of nitrogens with zero attached hydrogens (tertiary/aromatic N) is 2. The van der Waals surface area contributed by atoms with Crippen LogP contribution in [0.5, 0.6) is 0 Å². The number of aromatic nitrogens is 2. The number of halogens is 2. The molecule has 0 unspecified atom stereocenters. The lowest BCUT2D eigenvalue weighted by Crippen LogP contribution is -2.01. The number of carbonyl (C=O) groups is 1. The minimum absolute atomic E-state index is 0.0540. The molecule has 11 heavy (non-hydrogen) atoms. The zero-order chi connectivity index (χ0) is 8.27. The molecule has 1 aromatic rings. The zero-order valence-electron chi connectivity index (χ0n) is 5.42. The molecule has 0 saturated carbocycles. The van der Waals surface area contributed by atoms with E-state index in [1.807, 2.05) is 0 Å². The Morgan fingerprint density at radius 3 is 2.55 bits per heavy atom. The van der Waals surface area contributed by atoms with Gasteiger partial charge in [0.25, 0.3) is 0 Å². The SMILES string of the molecule is O=C(CBr)c1cnc(Cl)nc1. The second-order valence-corrected chi connectivity index (χ2v) is 2.70. The van der Waals surface area contributed by atoms with E-state index >= 15 is 0 Å². The van der Waals surface area contributed by atoms with Gasteiger partial charge < -0.3 is 0 Å². The van der Waals surface area contributed by atoms with E-state index in [0.717, 1.165) is 0 Å². The van der Waals surface area contributed by atoms with Crippen molar-refractivity contribution in [1.29, 1.82) is 0 Å². The number of hydrogen-bond donors (Lipinski definition) is 0. The summed E-state index contributed by atoms with van der Waals surface area (Å²) in [5, 5.41) is 0.425. The molecule has 1 aromatic heterocycles. The molecule has 5 heteroatoms. The molecule has 0 aliphatic carbocycles. The number of Topliss-reactive ketones (excluding diaryl/α,β-unsaturated/α-hetero) is 1. The zero-order valence-corrected chi connectivity index (χ0v) is 7.76. The lowest BCUT2D eigenvalue weighted by Gasteiger charge is -1.93. The summed E-state index contributed by atoms with van der Waals surface area (Å²) >= 11 is 8.45. The first-order chi connectivity index (χ1) is 5.24. The molecule has 3 nitrogen and oxygen atoms in total. The molecular formula is C6H4BrClN2O. The van der Waals surface area contributed by atoms with Crippen LogP contribution in [0.3, 0.4) is 0 Å². The van der Waals surface area contributed by atoms with Gasteiger partial charge in [-0.3, -0.25) is 4.79 Å². The summed E-state index contributed by atoms with van der Waals surface area (Å²) in [6.45, 7) is 0. The van der Waals surface area contributed by atoms with E-state index in [4.69, 9.17) is 11.6 Å². The highest BCUT2D eigenvalue weighted by Gasteiger charge is 2.03. The summed E-state index contributed by atoms with van der Waals surface area (Å²) in [7, 11) is 0. The van der Waals surface area contributed by atoms with E-state index in [1.165, 1.54) is 12.4 Å². The van der Waals surface area contributed by atoms with Crippen LogP contribution in [0, 0.1) is 0 Å². The van der Waals surface area contributed by atoms with Gasteiger partial charge in [-0.2, -0.15) is 0 Å². The van der Waals surface area contributed by atoms with Crippen molar-refractivity contribution < 1.29 is 4.79 Å². The molecule has 0 fully saturated rings. The summed E-state index contributed by atoms with van der Waals surface area (Å²) in [4.78, 5) is 18.3. The summed E-state index contributed by atoms with van der Waals surface area (Å²) in [5.74, 6) is -0.0540. The monoisotopic (exact) mass is 234 g/mol. The summed E-state index contributed by atoms with van der Waals surface area (Å²) in [6, 6.07) is 0.